The van der Waals surface area contributed by atoms with E-state index in [2.05, 4.69) is 36.6 Å². The molecule has 3 aromatic carbocycles. The molecular formula is C26H23Cl2N3O. The maximum Gasteiger partial charge on any atom is 0.227 e. The van der Waals surface area contributed by atoms with E-state index in [4.69, 9.17) is 28.2 Å². The molecular weight excluding hydrogens is 441 g/mol. The molecule has 1 amide bonds. The monoisotopic (exact) mass is 463 g/mol. The molecule has 1 saturated heterocycles. The molecule has 6 heteroatoms. The summed E-state index contributed by atoms with van der Waals surface area (Å²) in [6, 6.07) is 20.0. The molecule has 0 spiro atoms. The minimum Gasteiger partial charge on any atom is -0.323 e. The Hall–Kier alpha value is -2.82. The summed E-state index contributed by atoms with van der Waals surface area (Å²) >= 11 is 12.4. The zero-order valence-electron chi connectivity index (χ0n) is 18.0. The van der Waals surface area contributed by atoms with Crippen LogP contribution in [0.5, 0.6) is 0 Å². The number of benzene rings is 3. The molecule has 4 aromatic rings. The number of aryl methyl sites for hydroxylation is 2. The highest BCUT2D eigenvalue weighted by molar-refractivity contribution is 6.42. The largest absolute Gasteiger partial charge is 0.323 e. The molecule has 1 atom stereocenters. The van der Waals surface area contributed by atoms with E-state index in [1.807, 2.05) is 47.4 Å². The predicted octanol–water partition coefficient (Wildman–Crippen LogP) is 6.53. The third-order valence-corrected chi connectivity index (χ3v) is 6.88. The zero-order valence-corrected chi connectivity index (χ0v) is 19.5. The molecule has 0 aliphatic carbocycles. The molecule has 0 N–H and O–H groups in total. The molecule has 1 fully saturated rings. The van der Waals surface area contributed by atoms with Gasteiger partial charge >= 0.3 is 0 Å². The van der Waals surface area contributed by atoms with Crippen LogP contribution in [0.2, 0.25) is 10.0 Å². The average molecular weight is 464 g/mol. The number of aromatic nitrogens is 2. The van der Waals surface area contributed by atoms with Gasteiger partial charge < -0.3 is 9.47 Å². The van der Waals surface area contributed by atoms with Gasteiger partial charge in [0.05, 0.1) is 21.1 Å². The van der Waals surface area contributed by atoms with Crippen molar-refractivity contribution >= 4 is 45.8 Å². The molecule has 32 heavy (non-hydrogen) atoms. The number of para-hydroxylation sites is 2. The SMILES string of the molecule is Cc1ccc(N2CC(c3nc4ccccc4n3Cc3ccc(Cl)c(Cl)c3)CC2=O)c(C)c1. The van der Waals surface area contributed by atoms with E-state index in [1.165, 1.54) is 5.56 Å². The van der Waals surface area contributed by atoms with Crippen LogP contribution in [0.1, 0.15) is 34.9 Å². The minimum absolute atomic E-state index is 0.0124. The standard InChI is InChI=1S/C26H23Cl2N3O/c1-16-7-10-23(17(2)11-16)30-15-19(13-25(30)32)26-29-22-5-3-4-6-24(22)31(26)14-18-8-9-20(27)21(28)12-18/h3-12,19H,13-15H2,1-2H3. The Balaban J connectivity index is 1.53. The van der Waals surface area contributed by atoms with Crippen molar-refractivity contribution in [3.63, 3.8) is 0 Å². The lowest BCUT2D eigenvalue weighted by Gasteiger charge is -2.20. The van der Waals surface area contributed by atoms with E-state index in [9.17, 15) is 4.79 Å². The quantitative estimate of drug-likeness (QED) is 0.345. The summed E-state index contributed by atoms with van der Waals surface area (Å²) < 4.78 is 2.21. The summed E-state index contributed by atoms with van der Waals surface area (Å²) in [5.74, 6) is 1.08. The first-order valence-corrected chi connectivity index (χ1v) is 11.4. The van der Waals surface area contributed by atoms with E-state index < -0.39 is 0 Å². The lowest BCUT2D eigenvalue weighted by molar-refractivity contribution is -0.117. The first-order valence-electron chi connectivity index (χ1n) is 10.7. The predicted molar refractivity (Wildman–Crippen MR) is 131 cm³/mol. The van der Waals surface area contributed by atoms with Gasteiger partial charge in [-0.1, -0.05) is 59.1 Å². The van der Waals surface area contributed by atoms with Gasteiger partial charge in [-0.25, -0.2) is 4.98 Å². The first kappa shape index (κ1) is 21.0. The number of nitrogens with zero attached hydrogens (tertiary/aromatic N) is 3. The number of fused-ring (bicyclic) bond motifs is 1. The molecule has 162 valence electrons. The highest BCUT2D eigenvalue weighted by Crippen LogP contribution is 2.35. The Kier molecular flexibility index (Phi) is 5.44. The number of carbonyl (C=O) groups excluding carboxylic acids is 1. The van der Waals surface area contributed by atoms with E-state index in [0.717, 1.165) is 33.7 Å². The van der Waals surface area contributed by atoms with Crippen LogP contribution in [0.3, 0.4) is 0 Å². The minimum atomic E-state index is 0.0124. The van der Waals surface area contributed by atoms with Crippen LogP contribution >= 0.6 is 23.2 Å². The maximum atomic E-state index is 13.0. The number of halogens is 2. The van der Waals surface area contributed by atoms with E-state index in [1.54, 1.807) is 0 Å². The second-order valence-corrected chi connectivity index (χ2v) is 9.30. The fourth-order valence-electron chi connectivity index (χ4n) is 4.61. The second kappa shape index (κ2) is 8.27. The third-order valence-electron chi connectivity index (χ3n) is 6.14. The molecule has 4 nitrogen and oxygen atoms in total. The van der Waals surface area contributed by atoms with Crippen molar-refractivity contribution in [2.45, 2.75) is 32.7 Å². The van der Waals surface area contributed by atoms with Crippen molar-refractivity contribution in [3.05, 3.63) is 93.2 Å². The van der Waals surface area contributed by atoms with Crippen molar-refractivity contribution in [2.75, 3.05) is 11.4 Å². The molecule has 0 bridgehead atoms. The van der Waals surface area contributed by atoms with E-state index in [0.29, 0.717) is 29.6 Å². The number of amides is 1. The molecule has 1 aliphatic heterocycles. The van der Waals surface area contributed by atoms with Gasteiger partial charge in [0, 0.05) is 31.1 Å². The maximum absolute atomic E-state index is 13.0. The van der Waals surface area contributed by atoms with Crippen LogP contribution in [0, 0.1) is 13.8 Å². The number of hydrogen-bond acceptors (Lipinski definition) is 2. The summed E-state index contributed by atoms with van der Waals surface area (Å²) in [5.41, 5.74) is 6.31. The lowest BCUT2D eigenvalue weighted by atomic mass is 10.1. The molecule has 1 aliphatic rings. The second-order valence-electron chi connectivity index (χ2n) is 8.49. The van der Waals surface area contributed by atoms with E-state index >= 15 is 0 Å². The number of hydrogen-bond donors (Lipinski definition) is 0. The molecule has 0 saturated carbocycles. The zero-order chi connectivity index (χ0) is 22.4. The molecule has 0 radical (unpaired) electrons. The van der Waals surface area contributed by atoms with Crippen LogP contribution in [0.15, 0.2) is 60.7 Å². The molecule has 1 aromatic heterocycles. The third kappa shape index (κ3) is 3.78. The average Bonchev–Trinajstić information content (AvgIpc) is 3.32. The Bertz CT molecular complexity index is 1340. The van der Waals surface area contributed by atoms with Gasteiger partial charge in [0.25, 0.3) is 0 Å². The number of imidazole rings is 1. The first-order chi connectivity index (χ1) is 15.4. The van der Waals surface area contributed by atoms with Crippen LogP contribution < -0.4 is 4.90 Å². The van der Waals surface area contributed by atoms with Gasteiger partial charge in [-0.05, 0) is 55.3 Å². The molecule has 2 heterocycles. The number of anilines is 1. The topological polar surface area (TPSA) is 38.1 Å². The van der Waals surface area contributed by atoms with E-state index in [-0.39, 0.29) is 11.8 Å². The number of rotatable bonds is 4. The van der Waals surface area contributed by atoms with Gasteiger partial charge in [0.1, 0.15) is 5.82 Å². The fourth-order valence-corrected chi connectivity index (χ4v) is 4.93. The fraction of sp³-hybridized carbons (Fsp3) is 0.231. The lowest BCUT2D eigenvalue weighted by Crippen LogP contribution is -2.25. The van der Waals surface area contributed by atoms with Crippen molar-refractivity contribution in [1.82, 2.24) is 9.55 Å². The van der Waals surface area contributed by atoms with Gasteiger partial charge in [-0.3, -0.25) is 4.79 Å². The van der Waals surface area contributed by atoms with Crippen molar-refractivity contribution < 1.29 is 4.79 Å². The van der Waals surface area contributed by atoms with Crippen molar-refractivity contribution in [3.8, 4) is 0 Å². The molecule has 5 rings (SSSR count). The summed E-state index contributed by atoms with van der Waals surface area (Å²) in [7, 11) is 0. The van der Waals surface area contributed by atoms with Crippen LogP contribution in [0.25, 0.3) is 11.0 Å². The van der Waals surface area contributed by atoms with Gasteiger partial charge in [0.15, 0.2) is 0 Å². The highest BCUT2D eigenvalue weighted by atomic mass is 35.5. The summed E-state index contributed by atoms with van der Waals surface area (Å²) in [5, 5.41) is 1.07. The van der Waals surface area contributed by atoms with Gasteiger partial charge in [-0.2, -0.15) is 0 Å². The molecule has 1 unspecified atom stereocenters. The van der Waals surface area contributed by atoms with Gasteiger partial charge in [0.2, 0.25) is 5.91 Å². The van der Waals surface area contributed by atoms with Gasteiger partial charge in [-0.15, -0.1) is 0 Å². The van der Waals surface area contributed by atoms with Crippen LogP contribution in [-0.4, -0.2) is 22.0 Å². The van der Waals surface area contributed by atoms with Crippen molar-refractivity contribution in [1.29, 1.82) is 0 Å². The summed E-state index contributed by atoms with van der Waals surface area (Å²) in [6.45, 7) is 5.35. The Morgan fingerprint density at radius 1 is 1.00 bits per heavy atom. The number of carbonyl (C=O) groups is 1. The van der Waals surface area contributed by atoms with Crippen molar-refractivity contribution in [2.24, 2.45) is 0 Å². The highest BCUT2D eigenvalue weighted by Gasteiger charge is 2.35. The van der Waals surface area contributed by atoms with Crippen LogP contribution in [-0.2, 0) is 11.3 Å². The smallest absolute Gasteiger partial charge is 0.227 e. The Morgan fingerprint density at radius 3 is 2.59 bits per heavy atom. The van der Waals surface area contributed by atoms with Crippen LogP contribution in [0.4, 0.5) is 5.69 Å². The summed E-state index contributed by atoms with van der Waals surface area (Å²) in [6.07, 6.45) is 0.442. The summed E-state index contributed by atoms with van der Waals surface area (Å²) in [4.78, 5) is 19.9. The Labute approximate surface area is 197 Å². The normalized spacial score (nSPS) is 16.3. The Morgan fingerprint density at radius 2 is 1.81 bits per heavy atom.